The molecule has 88 valence electrons. The van der Waals surface area contributed by atoms with Crippen LogP contribution < -0.4 is 0 Å². The molecule has 1 aromatic heterocycles. The molecule has 1 atom stereocenters. The van der Waals surface area contributed by atoms with Gasteiger partial charge in [0.2, 0.25) is 0 Å². The van der Waals surface area contributed by atoms with E-state index in [0.29, 0.717) is 11.3 Å². The lowest BCUT2D eigenvalue weighted by atomic mass is 10.0. The predicted octanol–water partition coefficient (Wildman–Crippen LogP) is 2.75. The smallest absolute Gasteiger partial charge is 0.141 e. The molecule has 1 unspecified atom stereocenters. The lowest BCUT2D eigenvalue weighted by Crippen LogP contribution is -2.05. The number of pyridine rings is 1. The maximum absolute atomic E-state index is 13.1. The third-order valence-corrected chi connectivity index (χ3v) is 2.57. The van der Waals surface area contributed by atoms with Crippen LogP contribution in [-0.4, -0.2) is 10.1 Å². The van der Waals surface area contributed by atoms with Crippen LogP contribution in [0.3, 0.4) is 0 Å². The average Bonchev–Trinajstić information content (AvgIpc) is 2.32. The van der Waals surface area contributed by atoms with Gasteiger partial charge in [-0.15, -0.1) is 0 Å². The number of aliphatic hydroxyl groups is 1. The summed E-state index contributed by atoms with van der Waals surface area (Å²) in [4.78, 5) is 3.78. The van der Waals surface area contributed by atoms with Crippen molar-refractivity contribution in [1.82, 2.24) is 4.98 Å². The van der Waals surface area contributed by atoms with E-state index in [1.165, 1.54) is 24.3 Å². The zero-order valence-electron chi connectivity index (χ0n) is 9.19. The standard InChI is InChI=1S/C13H11F2NO/c1-8-2-3-9(14)6-11(8)13(17)12-5-4-10(15)7-16-12/h2-7,13,17H,1H3. The molecular weight excluding hydrogens is 224 g/mol. The number of benzene rings is 1. The van der Waals surface area contributed by atoms with Crippen LogP contribution in [0.1, 0.15) is 22.9 Å². The fraction of sp³-hybridized carbons (Fsp3) is 0.154. The van der Waals surface area contributed by atoms with Crippen molar-refractivity contribution in [2.45, 2.75) is 13.0 Å². The van der Waals surface area contributed by atoms with Crippen molar-refractivity contribution < 1.29 is 13.9 Å². The number of rotatable bonds is 2. The number of aryl methyl sites for hydroxylation is 1. The number of hydrogen-bond acceptors (Lipinski definition) is 2. The molecule has 2 aromatic rings. The van der Waals surface area contributed by atoms with E-state index in [-0.39, 0.29) is 0 Å². The molecule has 0 spiro atoms. The van der Waals surface area contributed by atoms with Crippen LogP contribution in [0.2, 0.25) is 0 Å². The highest BCUT2D eigenvalue weighted by Crippen LogP contribution is 2.24. The molecule has 1 N–H and O–H groups in total. The van der Waals surface area contributed by atoms with Crippen LogP contribution >= 0.6 is 0 Å². The van der Waals surface area contributed by atoms with E-state index in [1.807, 2.05) is 0 Å². The number of halogens is 2. The zero-order chi connectivity index (χ0) is 12.4. The molecule has 0 fully saturated rings. The van der Waals surface area contributed by atoms with Crippen molar-refractivity contribution in [1.29, 1.82) is 0 Å². The summed E-state index contributed by atoms with van der Waals surface area (Å²) < 4.78 is 25.8. The Morgan fingerprint density at radius 2 is 1.82 bits per heavy atom. The van der Waals surface area contributed by atoms with E-state index >= 15 is 0 Å². The second kappa shape index (κ2) is 4.59. The Labute approximate surface area is 97.6 Å². The van der Waals surface area contributed by atoms with Gasteiger partial charge in [-0.25, -0.2) is 8.78 Å². The monoisotopic (exact) mass is 235 g/mol. The van der Waals surface area contributed by atoms with Gasteiger partial charge in [0.1, 0.15) is 17.7 Å². The first-order chi connectivity index (χ1) is 8.08. The first-order valence-electron chi connectivity index (χ1n) is 5.13. The predicted molar refractivity (Wildman–Crippen MR) is 59.4 cm³/mol. The number of hydrogen-bond donors (Lipinski definition) is 1. The highest BCUT2D eigenvalue weighted by Gasteiger charge is 2.15. The zero-order valence-corrected chi connectivity index (χ0v) is 9.19. The summed E-state index contributed by atoms with van der Waals surface area (Å²) in [6.07, 6.45) is -0.0287. The van der Waals surface area contributed by atoms with Crippen LogP contribution in [-0.2, 0) is 0 Å². The third-order valence-electron chi connectivity index (χ3n) is 2.57. The first kappa shape index (κ1) is 11.7. The maximum Gasteiger partial charge on any atom is 0.141 e. The van der Waals surface area contributed by atoms with E-state index in [4.69, 9.17) is 0 Å². The second-order valence-electron chi connectivity index (χ2n) is 3.80. The molecular formula is C13H11F2NO. The van der Waals surface area contributed by atoms with E-state index in [1.54, 1.807) is 13.0 Å². The highest BCUT2D eigenvalue weighted by atomic mass is 19.1. The minimum Gasteiger partial charge on any atom is -0.382 e. The number of nitrogens with zero attached hydrogens (tertiary/aromatic N) is 1. The molecule has 0 aliphatic heterocycles. The largest absolute Gasteiger partial charge is 0.382 e. The minimum absolute atomic E-state index is 0.292. The van der Waals surface area contributed by atoms with Crippen LogP contribution in [0.5, 0.6) is 0 Å². The normalized spacial score (nSPS) is 12.5. The lowest BCUT2D eigenvalue weighted by Gasteiger charge is -2.13. The van der Waals surface area contributed by atoms with Gasteiger partial charge in [-0.3, -0.25) is 4.98 Å². The lowest BCUT2D eigenvalue weighted by molar-refractivity contribution is 0.214. The summed E-state index contributed by atoms with van der Waals surface area (Å²) in [7, 11) is 0. The maximum atomic E-state index is 13.1. The molecule has 0 aliphatic carbocycles. The molecule has 0 saturated heterocycles. The topological polar surface area (TPSA) is 33.1 Å². The molecule has 4 heteroatoms. The van der Waals surface area contributed by atoms with Gasteiger partial charge in [0.25, 0.3) is 0 Å². The Balaban J connectivity index is 2.39. The average molecular weight is 235 g/mol. The van der Waals surface area contributed by atoms with Crippen LogP contribution in [0.15, 0.2) is 36.5 Å². The molecule has 1 heterocycles. The van der Waals surface area contributed by atoms with E-state index < -0.39 is 17.7 Å². The summed E-state index contributed by atoms with van der Waals surface area (Å²) in [6.45, 7) is 1.77. The molecule has 0 radical (unpaired) electrons. The summed E-state index contributed by atoms with van der Waals surface area (Å²) in [5.41, 5.74) is 1.48. The Bertz CT molecular complexity index is 525. The Morgan fingerprint density at radius 3 is 2.47 bits per heavy atom. The highest BCUT2D eigenvalue weighted by molar-refractivity contribution is 5.33. The molecule has 0 bridgehead atoms. The Morgan fingerprint density at radius 1 is 1.12 bits per heavy atom. The molecule has 0 aliphatic rings. The van der Waals surface area contributed by atoms with Gasteiger partial charge < -0.3 is 5.11 Å². The summed E-state index contributed by atoms with van der Waals surface area (Å²) in [5.74, 6) is -0.899. The fourth-order valence-corrected chi connectivity index (χ4v) is 1.61. The minimum atomic E-state index is -1.05. The molecule has 1 aromatic carbocycles. The molecule has 17 heavy (non-hydrogen) atoms. The molecule has 2 rings (SSSR count). The van der Waals surface area contributed by atoms with Crippen molar-refractivity contribution in [2.24, 2.45) is 0 Å². The van der Waals surface area contributed by atoms with Gasteiger partial charge in [-0.1, -0.05) is 6.07 Å². The molecule has 0 saturated carbocycles. The van der Waals surface area contributed by atoms with Crippen LogP contribution in [0.25, 0.3) is 0 Å². The van der Waals surface area contributed by atoms with Gasteiger partial charge in [0.15, 0.2) is 0 Å². The van der Waals surface area contributed by atoms with Crippen molar-refractivity contribution in [3.05, 3.63) is 65.0 Å². The van der Waals surface area contributed by atoms with Gasteiger partial charge >= 0.3 is 0 Å². The number of aliphatic hydroxyl groups excluding tert-OH is 1. The first-order valence-corrected chi connectivity index (χ1v) is 5.13. The summed E-state index contributed by atoms with van der Waals surface area (Å²) in [5, 5.41) is 10.0. The SMILES string of the molecule is Cc1ccc(F)cc1C(O)c1ccc(F)cn1. The van der Waals surface area contributed by atoms with Gasteiger partial charge in [0, 0.05) is 0 Å². The van der Waals surface area contributed by atoms with Crippen molar-refractivity contribution >= 4 is 0 Å². The second-order valence-corrected chi connectivity index (χ2v) is 3.80. The van der Waals surface area contributed by atoms with Gasteiger partial charge in [-0.05, 0) is 42.3 Å². The van der Waals surface area contributed by atoms with Crippen LogP contribution in [0, 0.1) is 18.6 Å². The van der Waals surface area contributed by atoms with Gasteiger partial charge in [0.05, 0.1) is 11.9 Å². The van der Waals surface area contributed by atoms with Crippen molar-refractivity contribution in [2.75, 3.05) is 0 Å². The van der Waals surface area contributed by atoms with E-state index in [0.717, 1.165) is 11.8 Å². The summed E-state index contributed by atoms with van der Waals surface area (Å²) in [6, 6.07) is 6.75. The molecule has 2 nitrogen and oxygen atoms in total. The Hall–Kier alpha value is -1.81. The van der Waals surface area contributed by atoms with E-state index in [2.05, 4.69) is 4.98 Å². The Kier molecular flexibility index (Phi) is 3.15. The fourth-order valence-electron chi connectivity index (χ4n) is 1.61. The van der Waals surface area contributed by atoms with Gasteiger partial charge in [-0.2, -0.15) is 0 Å². The quantitative estimate of drug-likeness (QED) is 0.868. The number of aromatic nitrogens is 1. The van der Waals surface area contributed by atoms with Crippen molar-refractivity contribution in [3.8, 4) is 0 Å². The van der Waals surface area contributed by atoms with Crippen LogP contribution in [0.4, 0.5) is 8.78 Å². The third kappa shape index (κ3) is 2.47. The van der Waals surface area contributed by atoms with Crippen molar-refractivity contribution in [3.63, 3.8) is 0 Å². The molecule has 0 amide bonds. The van der Waals surface area contributed by atoms with E-state index in [9.17, 15) is 13.9 Å². The summed E-state index contributed by atoms with van der Waals surface area (Å²) >= 11 is 0.